The van der Waals surface area contributed by atoms with Crippen molar-refractivity contribution < 1.29 is 0 Å². The topological polar surface area (TPSA) is 33.1 Å². The summed E-state index contributed by atoms with van der Waals surface area (Å²) in [6.45, 7) is 4.99. The van der Waals surface area contributed by atoms with Crippen LogP contribution in [0.2, 0.25) is 0 Å². The maximum atomic E-state index is 4.18. The van der Waals surface area contributed by atoms with Crippen LogP contribution in [0.3, 0.4) is 0 Å². The van der Waals surface area contributed by atoms with Crippen molar-refractivity contribution in [2.24, 2.45) is 7.05 Å². The second-order valence-corrected chi connectivity index (χ2v) is 5.06. The zero-order valence-corrected chi connectivity index (χ0v) is 11.9. The van der Waals surface area contributed by atoms with E-state index in [0.29, 0.717) is 0 Å². The van der Waals surface area contributed by atoms with E-state index < -0.39 is 0 Å². The van der Waals surface area contributed by atoms with E-state index in [-0.39, 0.29) is 0 Å². The van der Waals surface area contributed by atoms with E-state index in [1.54, 1.807) is 0 Å². The van der Waals surface area contributed by atoms with E-state index >= 15 is 0 Å². The van der Waals surface area contributed by atoms with E-state index in [0.717, 1.165) is 19.6 Å². The number of rotatable bonds is 6. The minimum Gasteiger partial charge on any atom is -0.384 e. The molecular weight excluding hydrogens is 236 g/mol. The van der Waals surface area contributed by atoms with Crippen molar-refractivity contribution in [2.45, 2.75) is 13.5 Å². The van der Waals surface area contributed by atoms with Crippen LogP contribution >= 0.6 is 0 Å². The predicted molar refractivity (Wildman–Crippen MR) is 79.2 cm³/mol. The third-order valence-electron chi connectivity index (χ3n) is 3.05. The predicted octanol–water partition coefficient (Wildman–Crippen LogP) is 2.27. The zero-order valence-electron chi connectivity index (χ0n) is 11.9. The summed E-state index contributed by atoms with van der Waals surface area (Å²) in [5.41, 5.74) is 3.73. The van der Waals surface area contributed by atoms with Crippen LogP contribution in [-0.4, -0.2) is 34.8 Å². The summed E-state index contributed by atoms with van der Waals surface area (Å²) in [5, 5.41) is 7.63. The van der Waals surface area contributed by atoms with Gasteiger partial charge in [0.25, 0.3) is 0 Å². The van der Waals surface area contributed by atoms with Crippen molar-refractivity contribution in [2.75, 3.05) is 25.5 Å². The molecule has 1 aromatic heterocycles. The summed E-state index contributed by atoms with van der Waals surface area (Å²) in [4.78, 5) is 2.29. The molecule has 19 heavy (non-hydrogen) atoms. The van der Waals surface area contributed by atoms with Gasteiger partial charge in [-0.2, -0.15) is 5.10 Å². The second-order valence-electron chi connectivity index (χ2n) is 5.06. The summed E-state index contributed by atoms with van der Waals surface area (Å²) >= 11 is 0. The molecule has 0 atom stereocenters. The van der Waals surface area contributed by atoms with Crippen molar-refractivity contribution >= 4 is 5.69 Å². The first-order chi connectivity index (χ1) is 9.13. The van der Waals surface area contributed by atoms with Gasteiger partial charge in [-0.25, -0.2) is 0 Å². The van der Waals surface area contributed by atoms with E-state index in [1.165, 1.54) is 16.8 Å². The van der Waals surface area contributed by atoms with Crippen LogP contribution in [0.15, 0.2) is 36.7 Å². The Morgan fingerprint density at radius 3 is 2.89 bits per heavy atom. The number of hydrogen-bond acceptors (Lipinski definition) is 3. The highest BCUT2D eigenvalue weighted by Crippen LogP contribution is 2.09. The molecule has 0 radical (unpaired) electrons. The Kier molecular flexibility index (Phi) is 4.58. The van der Waals surface area contributed by atoms with Crippen molar-refractivity contribution in [3.8, 4) is 0 Å². The monoisotopic (exact) mass is 258 g/mol. The number of aromatic nitrogens is 2. The molecule has 0 saturated heterocycles. The highest BCUT2D eigenvalue weighted by atomic mass is 15.2. The fraction of sp³-hybridized carbons (Fsp3) is 0.400. The van der Waals surface area contributed by atoms with E-state index in [4.69, 9.17) is 0 Å². The lowest BCUT2D eigenvalue weighted by Crippen LogP contribution is -2.24. The SMILES string of the molecule is Cc1cccc(NCCN(C)Cc2cnn(C)c2)c1. The lowest BCUT2D eigenvalue weighted by Gasteiger charge is -2.16. The number of hydrogen-bond donors (Lipinski definition) is 1. The van der Waals surface area contributed by atoms with Crippen molar-refractivity contribution in [1.82, 2.24) is 14.7 Å². The van der Waals surface area contributed by atoms with Gasteiger partial charge >= 0.3 is 0 Å². The van der Waals surface area contributed by atoms with Gasteiger partial charge in [-0.15, -0.1) is 0 Å². The number of aryl methyl sites for hydroxylation is 2. The first-order valence-corrected chi connectivity index (χ1v) is 6.60. The molecule has 0 fully saturated rings. The van der Waals surface area contributed by atoms with Crippen LogP contribution in [0.5, 0.6) is 0 Å². The van der Waals surface area contributed by atoms with Gasteiger partial charge in [0.1, 0.15) is 0 Å². The molecule has 1 N–H and O–H groups in total. The summed E-state index contributed by atoms with van der Waals surface area (Å²) < 4.78 is 1.84. The highest BCUT2D eigenvalue weighted by Gasteiger charge is 2.02. The normalized spacial score (nSPS) is 10.9. The van der Waals surface area contributed by atoms with E-state index in [2.05, 4.69) is 59.7 Å². The number of nitrogens with one attached hydrogen (secondary N) is 1. The van der Waals surface area contributed by atoms with Gasteiger partial charge in [0.05, 0.1) is 6.20 Å². The van der Waals surface area contributed by atoms with Crippen molar-refractivity contribution in [1.29, 1.82) is 0 Å². The molecule has 2 rings (SSSR count). The molecule has 0 aliphatic carbocycles. The number of nitrogens with zero attached hydrogens (tertiary/aromatic N) is 3. The summed E-state index contributed by atoms with van der Waals surface area (Å²) in [7, 11) is 4.08. The highest BCUT2D eigenvalue weighted by molar-refractivity contribution is 5.45. The first kappa shape index (κ1) is 13.6. The zero-order chi connectivity index (χ0) is 13.7. The maximum absolute atomic E-state index is 4.18. The van der Waals surface area contributed by atoms with Gasteiger partial charge in [0.2, 0.25) is 0 Å². The van der Waals surface area contributed by atoms with Crippen LogP contribution in [0, 0.1) is 6.92 Å². The lowest BCUT2D eigenvalue weighted by atomic mass is 10.2. The van der Waals surface area contributed by atoms with Gasteiger partial charge in [-0.1, -0.05) is 12.1 Å². The van der Waals surface area contributed by atoms with Crippen molar-refractivity contribution in [3.63, 3.8) is 0 Å². The molecule has 4 heteroatoms. The van der Waals surface area contributed by atoms with Gasteiger partial charge < -0.3 is 10.2 Å². The third-order valence-corrected chi connectivity index (χ3v) is 3.05. The largest absolute Gasteiger partial charge is 0.384 e. The molecule has 2 aromatic rings. The van der Waals surface area contributed by atoms with Gasteiger partial charge in [-0.3, -0.25) is 4.68 Å². The van der Waals surface area contributed by atoms with Crippen LogP contribution in [0.4, 0.5) is 5.69 Å². The Balaban J connectivity index is 1.73. The average Bonchev–Trinajstić information content (AvgIpc) is 2.75. The minimum atomic E-state index is 0.934. The molecule has 0 spiro atoms. The minimum absolute atomic E-state index is 0.934. The molecule has 102 valence electrons. The average molecular weight is 258 g/mol. The Morgan fingerprint density at radius 2 is 2.21 bits per heavy atom. The smallest absolute Gasteiger partial charge is 0.0534 e. The van der Waals surface area contributed by atoms with Crippen LogP contribution in [-0.2, 0) is 13.6 Å². The van der Waals surface area contributed by atoms with Gasteiger partial charge in [0.15, 0.2) is 0 Å². The number of anilines is 1. The fourth-order valence-electron chi connectivity index (χ4n) is 2.09. The van der Waals surface area contributed by atoms with Crippen LogP contribution < -0.4 is 5.32 Å². The second kappa shape index (κ2) is 6.38. The Hall–Kier alpha value is -1.81. The molecule has 0 aliphatic rings. The third kappa shape index (κ3) is 4.41. The van der Waals surface area contributed by atoms with Crippen molar-refractivity contribution in [3.05, 3.63) is 47.8 Å². The quantitative estimate of drug-likeness (QED) is 0.863. The molecule has 0 aliphatic heterocycles. The summed E-state index contributed by atoms with van der Waals surface area (Å²) in [6, 6.07) is 8.46. The molecule has 0 saturated carbocycles. The maximum Gasteiger partial charge on any atom is 0.0534 e. The lowest BCUT2D eigenvalue weighted by molar-refractivity contribution is 0.340. The van der Waals surface area contributed by atoms with Crippen LogP contribution in [0.1, 0.15) is 11.1 Å². The summed E-state index contributed by atoms with van der Waals surface area (Å²) in [5.74, 6) is 0. The van der Waals surface area contributed by atoms with E-state index in [9.17, 15) is 0 Å². The van der Waals surface area contributed by atoms with Crippen LogP contribution in [0.25, 0.3) is 0 Å². The Morgan fingerprint density at radius 1 is 1.37 bits per heavy atom. The van der Waals surface area contributed by atoms with E-state index in [1.807, 2.05) is 17.9 Å². The molecule has 0 unspecified atom stereocenters. The molecular formula is C15H22N4. The molecule has 0 amide bonds. The molecule has 1 heterocycles. The standard InChI is InChI=1S/C15H22N4/c1-13-5-4-6-15(9-13)16-7-8-18(2)11-14-10-17-19(3)12-14/h4-6,9-10,12,16H,7-8,11H2,1-3H3. The number of benzene rings is 1. The first-order valence-electron chi connectivity index (χ1n) is 6.60. The number of likely N-dealkylation sites (N-methyl/N-ethyl adjacent to an activating group) is 1. The van der Waals surface area contributed by atoms with Gasteiger partial charge in [-0.05, 0) is 31.7 Å². The Labute approximate surface area is 115 Å². The van der Waals surface area contributed by atoms with Gasteiger partial charge in [0, 0.05) is 44.1 Å². The molecule has 0 bridgehead atoms. The molecule has 1 aromatic carbocycles. The Bertz CT molecular complexity index is 518. The fourth-order valence-corrected chi connectivity index (χ4v) is 2.09. The molecule has 4 nitrogen and oxygen atoms in total. The summed E-state index contributed by atoms with van der Waals surface area (Å²) in [6.07, 6.45) is 3.98.